The number of fused-ring (bicyclic) bond motifs is 2. The molecule has 0 unspecified atom stereocenters. The molecule has 6 aromatic rings. The average Bonchev–Trinajstić information content (AvgIpc) is 3.56. The second kappa shape index (κ2) is 7.70. The van der Waals surface area contributed by atoms with Gasteiger partial charge < -0.3 is 9.88 Å². The van der Waals surface area contributed by atoms with Gasteiger partial charge in [0.2, 0.25) is 0 Å². The van der Waals surface area contributed by atoms with E-state index in [1.54, 1.807) is 29.9 Å². The summed E-state index contributed by atoms with van der Waals surface area (Å²) in [5.74, 6) is 0.0118. The third-order valence-electron chi connectivity index (χ3n) is 5.71. The summed E-state index contributed by atoms with van der Waals surface area (Å²) in [6.45, 7) is 2.07. The highest BCUT2D eigenvalue weighted by Gasteiger charge is 2.21. The number of aromatic amines is 2. The molecule has 0 spiro atoms. The van der Waals surface area contributed by atoms with Gasteiger partial charge in [-0.15, -0.1) is 11.3 Å². The smallest absolute Gasteiger partial charge is 0.184 e. The standard InChI is InChI=1S/C24H19FN8S/c1-12-4-5-17(34-12)15-6-7-27-23-20(15)29-24(30-23)21-18-19(25)16(11-28-22(18)32-31-21)13-8-14(33(2)3)10-26-9-13/h4-11H,1-3H3,(H,27,29,30)(H,28,31,32). The molecule has 2 N–H and O–H groups in total. The number of aromatic nitrogens is 7. The van der Waals surface area contributed by atoms with Gasteiger partial charge in [-0.25, -0.2) is 19.3 Å². The minimum atomic E-state index is -0.436. The van der Waals surface area contributed by atoms with E-state index in [9.17, 15) is 0 Å². The summed E-state index contributed by atoms with van der Waals surface area (Å²) < 4.78 is 15.9. The molecule has 0 bridgehead atoms. The number of aryl methyl sites for hydroxylation is 1. The lowest BCUT2D eigenvalue weighted by molar-refractivity contribution is 0.642. The second-order valence-electron chi connectivity index (χ2n) is 8.16. The summed E-state index contributed by atoms with van der Waals surface area (Å²) in [6.07, 6.45) is 6.56. The van der Waals surface area contributed by atoms with Crippen molar-refractivity contribution in [2.75, 3.05) is 19.0 Å². The van der Waals surface area contributed by atoms with Crippen molar-refractivity contribution in [3.05, 3.63) is 59.7 Å². The topological polar surface area (TPSA) is 99.3 Å². The summed E-state index contributed by atoms with van der Waals surface area (Å²) in [6, 6.07) is 7.98. The van der Waals surface area contributed by atoms with Crippen LogP contribution < -0.4 is 4.90 Å². The largest absolute Gasteiger partial charge is 0.376 e. The predicted molar refractivity (Wildman–Crippen MR) is 132 cm³/mol. The molecular weight excluding hydrogens is 451 g/mol. The molecule has 6 aromatic heterocycles. The number of thiophene rings is 1. The van der Waals surface area contributed by atoms with E-state index >= 15 is 4.39 Å². The first-order chi connectivity index (χ1) is 16.5. The Morgan fingerprint density at radius 2 is 1.88 bits per heavy atom. The molecule has 0 amide bonds. The van der Waals surface area contributed by atoms with Gasteiger partial charge >= 0.3 is 0 Å². The van der Waals surface area contributed by atoms with Crippen molar-refractivity contribution in [3.63, 3.8) is 0 Å². The summed E-state index contributed by atoms with van der Waals surface area (Å²) in [4.78, 5) is 25.2. The SMILES string of the molecule is Cc1ccc(-c2ccnc3nc(-c4[nH]nc5ncc(-c6cncc(N(C)C)c6)c(F)c45)[nH]c23)s1. The highest BCUT2D eigenvalue weighted by atomic mass is 32.1. The maximum Gasteiger partial charge on any atom is 0.184 e. The Bertz CT molecular complexity index is 1680. The van der Waals surface area contributed by atoms with Crippen LogP contribution in [0.4, 0.5) is 10.1 Å². The van der Waals surface area contributed by atoms with Crippen LogP contribution in [-0.2, 0) is 0 Å². The molecule has 0 fully saturated rings. The van der Waals surface area contributed by atoms with Crippen LogP contribution in [0.5, 0.6) is 0 Å². The van der Waals surface area contributed by atoms with Crippen LogP contribution in [0.1, 0.15) is 4.88 Å². The number of rotatable bonds is 4. The van der Waals surface area contributed by atoms with Gasteiger partial charge in [-0.3, -0.25) is 10.1 Å². The molecule has 34 heavy (non-hydrogen) atoms. The second-order valence-corrected chi connectivity index (χ2v) is 9.45. The van der Waals surface area contributed by atoms with E-state index in [0.717, 1.165) is 21.6 Å². The molecule has 0 atom stereocenters. The molecular formula is C24H19FN8S. The van der Waals surface area contributed by atoms with Crippen molar-refractivity contribution in [2.24, 2.45) is 0 Å². The van der Waals surface area contributed by atoms with Gasteiger partial charge in [0.1, 0.15) is 11.5 Å². The lowest BCUT2D eigenvalue weighted by atomic mass is 10.1. The molecule has 0 aliphatic heterocycles. The summed E-state index contributed by atoms with van der Waals surface area (Å²) in [5.41, 5.74) is 4.87. The number of H-pyrrole nitrogens is 2. The van der Waals surface area contributed by atoms with Crippen molar-refractivity contribution in [2.45, 2.75) is 6.92 Å². The highest BCUT2D eigenvalue weighted by Crippen LogP contribution is 2.36. The third-order valence-corrected chi connectivity index (χ3v) is 6.74. The molecule has 0 saturated heterocycles. The fraction of sp³-hybridized carbons (Fsp3) is 0.125. The molecule has 168 valence electrons. The number of halogens is 1. The zero-order valence-electron chi connectivity index (χ0n) is 18.6. The van der Waals surface area contributed by atoms with E-state index in [2.05, 4.69) is 54.2 Å². The number of imidazole rings is 1. The van der Waals surface area contributed by atoms with Gasteiger partial charge in [-0.1, -0.05) is 0 Å². The Hall–Kier alpha value is -4.18. The van der Waals surface area contributed by atoms with E-state index in [1.165, 1.54) is 11.1 Å². The van der Waals surface area contributed by atoms with E-state index in [0.29, 0.717) is 28.3 Å². The van der Waals surface area contributed by atoms with Crippen molar-refractivity contribution in [3.8, 4) is 33.1 Å². The monoisotopic (exact) mass is 470 g/mol. The number of pyridine rings is 3. The molecule has 0 aliphatic rings. The first-order valence-electron chi connectivity index (χ1n) is 10.6. The van der Waals surface area contributed by atoms with Gasteiger partial charge in [0.15, 0.2) is 17.1 Å². The summed E-state index contributed by atoms with van der Waals surface area (Å²) in [7, 11) is 3.82. The summed E-state index contributed by atoms with van der Waals surface area (Å²) in [5, 5.41) is 7.38. The Morgan fingerprint density at radius 3 is 2.68 bits per heavy atom. The van der Waals surface area contributed by atoms with Crippen LogP contribution in [0.15, 0.2) is 49.1 Å². The van der Waals surface area contributed by atoms with Gasteiger partial charge in [-0.2, -0.15) is 5.10 Å². The number of hydrogen-bond acceptors (Lipinski definition) is 7. The van der Waals surface area contributed by atoms with Crippen LogP contribution in [0, 0.1) is 12.7 Å². The zero-order chi connectivity index (χ0) is 23.4. The Morgan fingerprint density at radius 1 is 1.00 bits per heavy atom. The van der Waals surface area contributed by atoms with E-state index in [4.69, 9.17) is 0 Å². The Balaban J connectivity index is 1.52. The molecule has 0 radical (unpaired) electrons. The quantitative estimate of drug-likeness (QED) is 0.367. The molecule has 6 heterocycles. The van der Waals surface area contributed by atoms with Crippen molar-refractivity contribution in [1.82, 2.24) is 35.1 Å². The maximum absolute atomic E-state index is 15.9. The van der Waals surface area contributed by atoms with Crippen LogP contribution >= 0.6 is 11.3 Å². The molecule has 0 saturated carbocycles. The van der Waals surface area contributed by atoms with Crippen LogP contribution in [-0.4, -0.2) is 49.2 Å². The molecule has 0 aromatic carbocycles. The molecule has 6 rings (SSSR count). The van der Waals surface area contributed by atoms with Crippen LogP contribution in [0.25, 0.3) is 55.3 Å². The van der Waals surface area contributed by atoms with E-state index in [-0.39, 0.29) is 11.0 Å². The molecule has 0 aliphatic carbocycles. The third kappa shape index (κ3) is 3.22. The van der Waals surface area contributed by atoms with Gasteiger partial charge in [0, 0.05) is 59.1 Å². The Kier molecular flexibility index (Phi) is 4.63. The minimum absolute atomic E-state index is 0.264. The average molecular weight is 471 g/mol. The van der Waals surface area contributed by atoms with E-state index in [1.807, 2.05) is 31.1 Å². The maximum atomic E-state index is 15.9. The number of nitrogens with zero attached hydrogens (tertiary/aromatic N) is 6. The van der Waals surface area contributed by atoms with Crippen LogP contribution in [0.3, 0.4) is 0 Å². The zero-order valence-corrected chi connectivity index (χ0v) is 19.4. The number of anilines is 1. The number of nitrogens with one attached hydrogen (secondary N) is 2. The predicted octanol–water partition coefficient (Wildman–Crippen LogP) is 5.20. The van der Waals surface area contributed by atoms with Gasteiger partial charge in [0.05, 0.1) is 22.8 Å². The fourth-order valence-electron chi connectivity index (χ4n) is 3.96. The van der Waals surface area contributed by atoms with Crippen molar-refractivity contribution >= 4 is 39.2 Å². The first kappa shape index (κ1) is 20.4. The number of hydrogen-bond donors (Lipinski definition) is 2. The first-order valence-corrected chi connectivity index (χ1v) is 11.4. The molecule has 10 heteroatoms. The van der Waals surface area contributed by atoms with Crippen molar-refractivity contribution < 1.29 is 4.39 Å². The fourth-order valence-corrected chi connectivity index (χ4v) is 4.86. The van der Waals surface area contributed by atoms with Crippen molar-refractivity contribution in [1.29, 1.82) is 0 Å². The lowest BCUT2D eigenvalue weighted by Crippen LogP contribution is -2.08. The Labute approximate surface area is 197 Å². The molecule has 8 nitrogen and oxygen atoms in total. The summed E-state index contributed by atoms with van der Waals surface area (Å²) >= 11 is 1.69. The highest BCUT2D eigenvalue weighted by molar-refractivity contribution is 7.15. The minimum Gasteiger partial charge on any atom is -0.376 e. The van der Waals surface area contributed by atoms with E-state index < -0.39 is 5.82 Å². The van der Waals surface area contributed by atoms with Crippen LogP contribution in [0.2, 0.25) is 0 Å². The van der Waals surface area contributed by atoms with Gasteiger partial charge in [-0.05, 0) is 31.2 Å². The normalized spacial score (nSPS) is 11.5. The van der Waals surface area contributed by atoms with Gasteiger partial charge in [0.25, 0.3) is 0 Å². The lowest BCUT2D eigenvalue weighted by Gasteiger charge is -2.13.